The highest BCUT2D eigenvalue weighted by Crippen LogP contribution is 2.28. The number of anilines is 1. The number of hydrogen-bond donors (Lipinski definition) is 3. The fourth-order valence-corrected chi connectivity index (χ4v) is 1.99. The van der Waals surface area contributed by atoms with Crippen LogP contribution >= 0.6 is 0 Å². The molecule has 0 saturated carbocycles. The number of carboxylic acids is 1. The van der Waals surface area contributed by atoms with Crippen LogP contribution in [0.25, 0.3) is 0 Å². The quantitative estimate of drug-likeness (QED) is 0.448. The van der Waals surface area contributed by atoms with Gasteiger partial charge in [-0.3, -0.25) is 20.2 Å². The van der Waals surface area contributed by atoms with E-state index >= 15 is 0 Å². The van der Waals surface area contributed by atoms with Crippen LogP contribution in [0.15, 0.2) is 18.2 Å². The molecule has 0 spiro atoms. The van der Waals surface area contributed by atoms with E-state index in [1.807, 2.05) is 0 Å². The van der Waals surface area contributed by atoms with Crippen molar-refractivity contribution in [2.75, 3.05) is 11.9 Å². The normalized spacial score (nSPS) is 12.0. The number of amides is 1. The lowest BCUT2D eigenvalue weighted by atomic mass is 10.2. The van der Waals surface area contributed by atoms with E-state index in [0.29, 0.717) is 0 Å². The maximum absolute atomic E-state index is 11.7. The summed E-state index contributed by atoms with van der Waals surface area (Å²) in [5.41, 5.74) is -1.77. The highest BCUT2D eigenvalue weighted by Gasteiger charge is 2.24. The third kappa shape index (κ3) is 7.13. The van der Waals surface area contributed by atoms with Gasteiger partial charge in [0.05, 0.1) is 15.9 Å². The van der Waals surface area contributed by atoms with Gasteiger partial charge in [0.15, 0.2) is 0 Å². The number of benzene rings is 1. The average molecular weight is 384 g/mol. The molecule has 0 unspecified atom stereocenters. The summed E-state index contributed by atoms with van der Waals surface area (Å²) in [6.45, 7) is 4.82. The van der Waals surface area contributed by atoms with E-state index in [0.717, 1.165) is 18.2 Å². The van der Waals surface area contributed by atoms with Crippen LogP contribution < -0.4 is 10.6 Å². The third-order valence-corrected chi connectivity index (χ3v) is 3.13. The number of non-ortho nitro benzene ring substituents is 1. The summed E-state index contributed by atoms with van der Waals surface area (Å²) >= 11 is 0. The van der Waals surface area contributed by atoms with Gasteiger partial charge in [-0.05, 0) is 33.3 Å². The van der Waals surface area contributed by atoms with E-state index < -0.39 is 44.9 Å². The van der Waals surface area contributed by atoms with Crippen LogP contribution in [-0.2, 0) is 9.53 Å². The lowest BCUT2D eigenvalue weighted by Crippen LogP contribution is -2.44. The zero-order valence-corrected chi connectivity index (χ0v) is 14.9. The molecule has 0 saturated heterocycles. The number of aliphatic carboxylic acids is 1. The fourth-order valence-electron chi connectivity index (χ4n) is 1.99. The Kier molecular flexibility index (Phi) is 7.02. The minimum absolute atomic E-state index is 0.00740. The van der Waals surface area contributed by atoms with Crippen LogP contribution in [0.3, 0.4) is 0 Å². The van der Waals surface area contributed by atoms with Crippen molar-refractivity contribution in [3.05, 3.63) is 38.4 Å². The van der Waals surface area contributed by atoms with Crippen LogP contribution in [0.5, 0.6) is 0 Å². The number of ether oxygens (including phenoxy) is 1. The van der Waals surface area contributed by atoms with Crippen LogP contribution in [0, 0.1) is 20.2 Å². The Bertz CT molecular complexity index is 744. The summed E-state index contributed by atoms with van der Waals surface area (Å²) in [6.07, 6.45) is -1.01. The molecule has 148 valence electrons. The molecule has 1 rings (SSSR count). The average Bonchev–Trinajstić information content (AvgIpc) is 2.51. The molecular weight excluding hydrogens is 364 g/mol. The molecule has 27 heavy (non-hydrogen) atoms. The van der Waals surface area contributed by atoms with Gasteiger partial charge in [-0.15, -0.1) is 0 Å². The topological polar surface area (TPSA) is 174 Å². The summed E-state index contributed by atoms with van der Waals surface area (Å²) in [5.74, 6) is -1.30. The molecule has 3 N–H and O–H groups in total. The van der Waals surface area contributed by atoms with E-state index in [9.17, 15) is 34.9 Å². The number of nitro groups is 2. The molecule has 1 aromatic rings. The SMILES string of the molecule is CC(C)(C)OC(=O)N[C@H](CCNc1ccc([N+](=O)[O-])cc1[N+](=O)[O-])C(=O)O. The highest BCUT2D eigenvalue weighted by atomic mass is 16.6. The van der Waals surface area contributed by atoms with E-state index in [-0.39, 0.29) is 18.7 Å². The number of hydrogen-bond acceptors (Lipinski definition) is 8. The van der Waals surface area contributed by atoms with Gasteiger partial charge in [0, 0.05) is 12.6 Å². The van der Waals surface area contributed by atoms with Crippen molar-refractivity contribution in [3.8, 4) is 0 Å². The van der Waals surface area contributed by atoms with Gasteiger partial charge in [0.1, 0.15) is 17.3 Å². The molecule has 0 heterocycles. The summed E-state index contributed by atoms with van der Waals surface area (Å²) in [6, 6.07) is 1.76. The minimum Gasteiger partial charge on any atom is -0.480 e. The largest absolute Gasteiger partial charge is 0.480 e. The molecule has 0 fully saturated rings. The standard InChI is InChI=1S/C15H20N4O8/c1-15(2,3)27-14(22)17-11(13(20)21)6-7-16-10-5-4-9(18(23)24)8-12(10)19(25)26/h4-5,8,11,16H,6-7H2,1-3H3,(H,17,22)(H,20,21)/t11-/m1/s1. The van der Waals surface area contributed by atoms with Crippen LogP contribution in [0.4, 0.5) is 21.9 Å². The molecule has 12 heteroatoms. The monoisotopic (exact) mass is 384 g/mol. The second-order valence-corrected chi connectivity index (χ2v) is 6.47. The van der Waals surface area contributed by atoms with Crippen molar-refractivity contribution in [3.63, 3.8) is 0 Å². The molecule has 0 bridgehead atoms. The Morgan fingerprint density at radius 2 is 1.85 bits per heavy atom. The number of carbonyl (C=O) groups is 2. The Morgan fingerprint density at radius 1 is 1.22 bits per heavy atom. The Morgan fingerprint density at radius 3 is 2.33 bits per heavy atom. The number of alkyl carbamates (subject to hydrolysis) is 1. The first-order chi connectivity index (χ1) is 12.4. The Hall–Kier alpha value is -3.44. The molecule has 0 aliphatic heterocycles. The van der Waals surface area contributed by atoms with Crippen LogP contribution in [0.1, 0.15) is 27.2 Å². The van der Waals surface area contributed by atoms with Crippen molar-refractivity contribution < 1.29 is 29.3 Å². The first-order valence-electron chi connectivity index (χ1n) is 7.79. The number of nitrogens with zero attached hydrogens (tertiary/aromatic N) is 2. The van der Waals surface area contributed by atoms with Crippen molar-refractivity contribution in [1.29, 1.82) is 0 Å². The maximum Gasteiger partial charge on any atom is 0.408 e. The first kappa shape index (κ1) is 21.6. The van der Waals surface area contributed by atoms with E-state index in [2.05, 4.69) is 10.6 Å². The smallest absolute Gasteiger partial charge is 0.408 e. The van der Waals surface area contributed by atoms with Gasteiger partial charge < -0.3 is 20.5 Å². The molecular formula is C15H20N4O8. The molecule has 0 radical (unpaired) electrons. The molecule has 0 aromatic heterocycles. The summed E-state index contributed by atoms with van der Waals surface area (Å²) in [5, 5.41) is 35.8. The molecule has 1 amide bonds. The van der Waals surface area contributed by atoms with Gasteiger partial charge in [-0.1, -0.05) is 0 Å². The predicted octanol–water partition coefficient (Wildman–Crippen LogP) is 2.28. The number of nitrogens with one attached hydrogen (secondary N) is 2. The van der Waals surface area contributed by atoms with Crippen LogP contribution in [-0.4, -0.2) is 45.2 Å². The Labute approximate surface area is 153 Å². The summed E-state index contributed by atoms with van der Waals surface area (Å²) < 4.78 is 4.98. The minimum atomic E-state index is -1.30. The van der Waals surface area contributed by atoms with Gasteiger partial charge in [-0.25, -0.2) is 9.59 Å². The van der Waals surface area contributed by atoms with Gasteiger partial charge >= 0.3 is 12.1 Å². The number of carbonyl (C=O) groups excluding carboxylic acids is 1. The summed E-state index contributed by atoms with van der Waals surface area (Å²) in [4.78, 5) is 43.2. The second kappa shape index (κ2) is 8.78. The highest BCUT2D eigenvalue weighted by molar-refractivity contribution is 5.80. The van der Waals surface area contributed by atoms with Crippen molar-refractivity contribution in [2.24, 2.45) is 0 Å². The molecule has 0 aliphatic carbocycles. The first-order valence-corrected chi connectivity index (χ1v) is 7.79. The molecule has 12 nitrogen and oxygen atoms in total. The predicted molar refractivity (Wildman–Crippen MR) is 93.7 cm³/mol. The number of rotatable bonds is 8. The van der Waals surface area contributed by atoms with Gasteiger partial charge in [-0.2, -0.15) is 0 Å². The zero-order valence-electron chi connectivity index (χ0n) is 14.9. The second-order valence-electron chi connectivity index (χ2n) is 6.47. The van der Waals surface area contributed by atoms with E-state index in [1.165, 1.54) is 0 Å². The van der Waals surface area contributed by atoms with Gasteiger partial charge in [0.2, 0.25) is 0 Å². The van der Waals surface area contributed by atoms with Crippen molar-refractivity contribution in [1.82, 2.24) is 5.32 Å². The van der Waals surface area contributed by atoms with E-state index in [4.69, 9.17) is 4.74 Å². The fraction of sp³-hybridized carbons (Fsp3) is 0.467. The lowest BCUT2D eigenvalue weighted by molar-refractivity contribution is -0.393. The number of nitro benzene ring substituents is 2. The summed E-state index contributed by atoms with van der Waals surface area (Å²) in [7, 11) is 0. The maximum atomic E-state index is 11.7. The van der Waals surface area contributed by atoms with Crippen molar-refractivity contribution in [2.45, 2.75) is 38.8 Å². The van der Waals surface area contributed by atoms with Crippen LogP contribution in [0.2, 0.25) is 0 Å². The van der Waals surface area contributed by atoms with Crippen molar-refractivity contribution >= 4 is 29.1 Å². The third-order valence-electron chi connectivity index (χ3n) is 3.13. The Balaban J connectivity index is 2.76. The number of carboxylic acid groups (broad SMARTS) is 1. The molecule has 1 aromatic carbocycles. The molecule has 1 atom stereocenters. The zero-order chi connectivity index (χ0) is 20.8. The van der Waals surface area contributed by atoms with Gasteiger partial charge in [0.25, 0.3) is 11.4 Å². The molecule has 0 aliphatic rings. The lowest BCUT2D eigenvalue weighted by Gasteiger charge is -2.22. The van der Waals surface area contributed by atoms with E-state index in [1.54, 1.807) is 20.8 Å².